The topological polar surface area (TPSA) is 27.3 Å². The molecule has 0 bridgehead atoms. The molecule has 2 atom stereocenters. The van der Waals surface area contributed by atoms with Crippen LogP contribution in [-0.2, 0) is 25.4 Å². The maximum atomic E-state index is 13.1. The van der Waals surface area contributed by atoms with Crippen molar-refractivity contribution < 1.29 is 26.3 Å². The zero-order chi connectivity index (χ0) is 23.8. The molecule has 0 spiro atoms. The highest BCUT2D eigenvalue weighted by atomic mass is 32.1. The Morgan fingerprint density at radius 2 is 1.39 bits per heavy atom. The van der Waals surface area contributed by atoms with E-state index in [9.17, 15) is 26.3 Å². The van der Waals surface area contributed by atoms with Crippen molar-refractivity contribution in [3.05, 3.63) is 64.7 Å². The van der Waals surface area contributed by atoms with Crippen molar-refractivity contribution in [3.63, 3.8) is 0 Å². The monoisotopic (exact) mass is 487 g/mol. The molecule has 10 heteroatoms. The van der Waals surface area contributed by atoms with Crippen LogP contribution < -0.4 is 10.6 Å². The molecule has 0 aromatic heterocycles. The Labute approximate surface area is 193 Å². The fraction of sp³-hybridized carbons (Fsp3) is 0.435. The lowest BCUT2D eigenvalue weighted by Gasteiger charge is -2.38. The summed E-state index contributed by atoms with van der Waals surface area (Å²) < 4.78 is 78.8. The quantitative estimate of drug-likeness (QED) is 0.391. The third-order valence-corrected chi connectivity index (χ3v) is 6.45. The maximum Gasteiger partial charge on any atom is 0.416 e. The summed E-state index contributed by atoms with van der Waals surface area (Å²) >= 11 is 5.28. The van der Waals surface area contributed by atoms with Crippen LogP contribution in [0.2, 0.25) is 0 Å². The third kappa shape index (κ3) is 5.60. The molecule has 1 heterocycles. The Hall–Kier alpha value is -2.33. The number of rotatable bonds is 3. The number of thiocarbonyl (C=S) groups is 1. The number of halogens is 6. The zero-order valence-corrected chi connectivity index (χ0v) is 18.4. The lowest BCUT2D eigenvalue weighted by Crippen LogP contribution is -2.52. The van der Waals surface area contributed by atoms with Gasteiger partial charge < -0.3 is 10.6 Å². The summed E-state index contributed by atoms with van der Waals surface area (Å²) in [5.74, 6) is 0. The van der Waals surface area contributed by atoms with Gasteiger partial charge in [-0.05, 0) is 54.4 Å². The van der Waals surface area contributed by atoms with Crippen LogP contribution in [0.4, 0.5) is 32.0 Å². The molecule has 2 aliphatic rings. The first-order chi connectivity index (χ1) is 15.5. The summed E-state index contributed by atoms with van der Waals surface area (Å²) in [4.78, 5) is 2.36. The van der Waals surface area contributed by atoms with Gasteiger partial charge in [0.1, 0.15) is 0 Å². The molecular weight excluding hydrogens is 464 g/mol. The van der Waals surface area contributed by atoms with Gasteiger partial charge in [0.25, 0.3) is 0 Å². The largest absolute Gasteiger partial charge is 0.416 e. The Kier molecular flexibility index (Phi) is 6.59. The molecule has 1 saturated carbocycles. The summed E-state index contributed by atoms with van der Waals surface area (Å²) in [7, 11) is 0. The lowest BCUT2D eigenvalue weighted by molar-refractivity contribution is -0.143. The van der Waals surface area contributed by atoms with E-state index in [1.54, 1.807) is 0 Å². The highest BCUT2D eigenvalue weighted by molar-refractivity contribution is 7.80. The maximum absolute atomic E-state index is 13.1. The van der Waals surface area contributed by atoms with Gasteiger partial charge in [0, 0.05) is 30.9 Å². The van der Waals surface area contributed by atoms with Crippen molar-refractivity contribution in [1.29, 1.82) is 0 Å². The standard InChI is InChI=1S/C23H23F6N3S/c24-22(25,26)16-9-17(23(27,28)29)11-18(10-16)30-21(33)31-19-7-3-4-8-20(19)32-12-14-5-1-2-6-15(14)13-32/h1-2,5-6,9-11,19-20H,3-4,7-8,12-13H2,(H2,30,31,33)/t19-,20-/m0/s1. The average Bonchev–Trinajstić information content (AvgIpc) is 3.16. The summed E-state index contributed by atoms with van der Waals surface area (Å²) in [5.41, 5.74) is -0.575. The van der Waals surface area contributed by atoms with E-state index >= 15 is 0 Å². The first kappa shape index (κ1) is 23.8. The van der Waals surface area contributed by atoms with E-state index in [1.165, 1.54) is 11.1 Å². The number of hydrogen-bond donors (Lipinski definition) is 2. The molecule has 0 radical (unpaired) electrons. The van der Waals surface area contributed by atoms with Crippen LogP contribution >= 0.6 is 12.2 Å². The van der Waals surface area contributed by atoms with Crippen LogP contribution in [0, 0.1) is 0 Å². The molecule has 3 nitrogen and oxygen atoms in total. The predicted molar refractivity (Wildman–Crippen MR) is 118 cm³/mol. The molecule has 2 N–H and O–H groups in total. The smallest absolute Gasteiger partial charge is 0.358 e. The molecule has 1 fully saturated rings. The number of fused-ring (bicyclic) bond motifs is 1. The summed E-state index contributed by atoms with van der Waals surface area (Å²) in [6, 6.07) is 9.68. The van der Waals surface area contributed by atoms with E-state index < -0.39 is 23.5 Å². The Bertz CT molecular complexity index is 963. The van der Waals surface area contributed by atoms with Crippen LogP contribution in [0.25, 0.3) is 0 Å². The van der Waals surface area contributed by atoms with Crippen LogP contribution in [-0.4, -0.2) is 22.1 Å². The normalized spacial score (nSPS) is 21.5. The first-order valence-electron chi connectivity index (χ1n) is 10.7. The van der Waals surface area contributed by atoms with E-state index in [4.69, 9.17) is 12.2 Å². The van der Waals surface area contributed by atoms with Gasteiger partial charge in [-0.1, -0.05) is 37.1 Å². The Morgan fingerprint density at radius 3 is 1.94 bits per heavy atom. The van der Waals surface area contributed by atoms with Gasteiger partial charge in [-0.2, -0.15) is 26.3 Å². The molecule has 4 rings (SSSR count). The highest BCUT2D eigenvalue weighted by Crippen LogP contribution is 2.37. The van der Waals surface area contributed by atoms with Crippen molar-refractivity contribution >= 4 is 23.0 Å². The molecule has 2 aromatic rings. The van der Waals surface area contributed by atoms with Gasteiger partial charge in [-0.25, -0.2) is 0 Å². The SMILES string of the molecule is FC(F)(F)c1cc(NC(=S)N[C@H]2CCCC[C@@H]2N2Cc3ccccc3C2)cc(C(F)(F)F)c1. The van der Waals surface area contributed by atoms with E-state index in [2.05, 4.69) is 27.7 Å². The number of anilines is 1. The van der Waals surface area contributed by atoms with Crippen molar-refractivity contribution in [2.45, 2.75) is 63.2 Å². The molecule has 1 aliphatic heterocycles. The molecule has 0 saturated heterocycles. The van der Waals surface area contributed by atoms with Gasteiger partial charge in [-0.15, -0.1) is 0 Å². The molecule has 0 amide bonds. The van der Waals surface area contributed by atoms with E-state index in [1.807, 2.05) is 12.1 Å². The minimum atomic E-state index is -4.91. The van der Waals surface area contributed by atoms with Crippen molar-refractivity contribution in [3.8, 4) is 0 Å². The van der Waals surface area contributed by atoms with Crippen molar-refractivity contribution in [1.82, 2.24) is 10.2 Å². The Morgan fingerprint density at radius 1 is 0.848 bits per heavy atom. The van der Waals surface area contributed by atoms with Gasteiger partial charge in [0.2, 0.25) is 0 Å². The third-order valence-electron chi connectivity index (χ3n) is 6.23. The fourth-order valence-electron chi connectivity index (χ4n) is 4.67. The van der Waals surface area contributed by atoms with Gasteiger partial charge in [0.15, 0.2) is 5.11 Å². The van der Waals surface area contributed by atoms with Crippen LogP contribution in [0.5, 0.6) is 0 Å². The first-order valence-corrected chi connectivity index (χ1v) is 11.1. The minimum absolute atomic E-state index is 0.0102. The second-order valence-electron chi connectivity index (χ2n) is 8.53. The summed E-state index contributed by atoms with van der Waals surface area (Å²) in [5, 5.41) is 5.71. The van der Waals surface area contributed by atoms with E-state index in [0.29, 0.717) is 12.1 Å². The van der Waals surface area contributed by atoms with Crippen molar-refractivity contribution in [2.75, 3.05) is 5.32 Å². The molecule has 1 aliphatic carbocycles. The second-order valence-corrected chi connectivity index (χ2v) is 8.93. The lowest BCUT2D eigenvalue weighted by atomic mass is 9.89. The number of nitrogens with zero attached hydrogens (tertiary/aromatic N) is 1. The number of benzene rings is 2. The number of hydrogen-bond acceptors (Lipinski definition) is 2. The minimum Gasteiger partial charge on any atom is -0.358 e. The fourth-order valence-corrected chi connectivity index (χ4v) is 4.94. The average molecular weight is 488 g/mol. The van der Waals surface area contributed by atoms with E-state index in [-0.39, 0.29) is 28.9 Å². The van der Waals surface area contributed by atoms with E-state index in [0.717, 1.165) is 38.8 Å². The second kappa shape index (κ2) is 9.13. The van der Waals surface area contributed by atoms with Crippen LogP contribution in [0.15, 0.2) is 42.5 Å². The van der Waals surface area contributed by atoms with Crippen molar-refractivity contribution in [2.24, 2.45) is 0 Å². The highest BCUT2D eigenvalue weighted by Gasteiger charge is 2.37. The molecule has 2 aromatic carbocycles. The van der Waals surface area contributed by atoms with Gasteiger partial charge in [-0.3, -0.25) is 4.90 Å². The Balaban J connectivity index is 1.47. The number of alkyl halides is 6. The zero-order valence-electron chi connectivity index (χ0n) is 17.6. The van der Waals surface area contributed by atoms with Crippen LogP contribution in [0.1, 0.15) is 47.9 Å². The molecular formula is C23H23F6N3S. The summed E-state index contributed by atoms with van der Waals surface area (Å²) in [6.07, 6.45) is -6.04. The molecule has 33 heavy (non-hydrogen) atoms. The summed E-state index contributed by atoms with van der Waals surface area (Å²) in [6.45, 7) is 1.61. The predicted octanol–water partition coefficient (Wildman–Crippen LogP) is 6.34. The van der Waals surface area contributed by atoms with Crippen LogP contribution in [0.3, 0.4) is 0 Å². The molecule has 178 valence electrons. The van der Waals surface area contributed by atoms with Gasteiger partial charge in [0.05, 0.1) is 11.1 Å². The molecule has 0 unspecified atom stereocenters. The van der Waals surface area contributed by atoms with Gasteiger partial charge >= 0.3 is 12.4 Å². The number of nitrogens with one attached hydrogen (secondary N) is 2.